The van der Waals surface area contributed by atoms with Gasteiger partial charge in [0.1, 0.15) is 5.75 Å². The highest BCUT2D eigenvalue weighted by molar-refractivity contribution is 6.21. The number of hydrogen-bond acceptors (Lipinski definition) is 2. The van der Waals surface area contributed by atoms with Gasteiger partial charge in [-0.2, -0.15) is 0 Å². The van der Waals surface area contributed by atoms with Gasteiger partial charge in [0.2, 0.25) is 0 Å². The minimum atomic E-state index is 0.0418. The van der Waals surface area contributed by atoms with Crippen LogP contribution in [0.1, 0.15) is 30.1 Å². The topological polar surface area (TPSA) is 29.5 Å². The van der Waals surface area contributed by atoms with Crippen molar-refractivity contribution in [1.29, 1.82) is 0 Å². The van der Waals surface area contributed by atoms with Gasteiger partial charge in [-0.05, 0) is 31.0 Å². The third kappa shape index (κ3) is 3.16. The number of halogens is 1. The van der Waals surface area contributed by atoms with Crippen LogP contribution in [0.3, 0.4) is 0 Å². The average Bonchev–Trinajstić information content (AvgIpc) is 2.82. The number of carbonyl (C=O) groups is 1. The van der Waals surface area contributed by atoms with Gasteiger partial charge in [0, 0.05) is 18.7 Å². The molecule has 1 aliphatic heterocycles. The molecule has 0 aliphatic carbocycles. The molecular formula is C14H18ClNO2. The number of likely N-dealkylation sites (tertiary alicyclic amines) is 1. The zero-order valence-corrected chi connectivity index (χ0v) is 11.3. The van der Waals surface area contributed by atoms with Crippen molar-refractivity contribution < 1.29 is 9.53 Å². The molecule has 0 saturated carbocycles. The largest absolute Gasteiger partial charge is 0.494 e. The molecule has 98 valence electrons. The SMILES string of the molecule is CCCOc1cccc(C(=O)N2CCC(Cl)C2)c1. The number of alkyl halides is 1. The molecule has 0 spiro atoms. The molecule has 1 saturated heterocycles. The van der Waals surface area contributed by atoms with Crippen molar-refractivity contribution >= 4 is 17.5 Å². The van der Waals surface area contributed by atoms with Crippen LogP contribution in [0.5, 0.6) is 5.75 Å². The number of amides is 1. The Morgan fingerprint density at radius 1 is 1.56 bits per heavy atom. The summed E-state index contributed by atoms with van der Waals surface area (Å²) in [7, 11) is 0. The first-order chi connectivity index (χ1) is 8.70. The minimum Gasteiger partial charge on any atom is -0.494 e. The summed E-state index contributed by atoms with van der Waals surface area (Å²) in [5.74, 6) is 0.796. The fraction of sp³-hybridized carbons (Fsp3) is 0.500. The van der Waals surface area contributed by atoms with E-state index in [1.807, 2.05) is 18.2 Å². The molecule has 1 amide bonds. The van der Waals surface area contributed by atoms with Crippen LogP contribution >= 0.6 is 11.6 Å². The van der Waals surface area contributed by atoms with Gasteiger partial charge in [-0.25, -0.2) is 0 Å². The van der Waals surface area contributed by atoms with Crippen LogP contribution in [0.2, 0.25) is 0 Å². The number of hydrogen-bond donors (Lipinski definition) is 0. The van der Waals surface area contributed by atoms with Crippen LogP contribution in [0.25, 0.3) is 0 Å². The van der Waals surface area contributed by atoms with Gasteiger partial charge >= 0.3 is 0 Å². The second-order valence-electron chi connectivity index (χ2n) is 4.51. The zero-order valence-electron chi connectivity index (χ0n) is 10.6. The number of carbonyl (C=O) groups excluding carboxylic acids is 1. The average molecular weight is 268 g/mol. The summed E-state index contributed by atoms with van der Waals surface area (Å²) in [5.41, 5.74) is 0.675. The molecule has 1 heterocycles. The molecule has 2 rings (SSSR count). The zero-order chi connectivity index (χ0) is 13.0. The van der Waals surface area contributed by atoms with E-state index in [1.54, 1.807) is 11.0 Å². The van der Waals surface area contributed by atoms with Crippen molar-refractivity contribution in [2.45, 2.75) is 25.1 Å². The lowest BCUT2D eigenvalue weighted by Gasteiger charge is -2.16. The highest BCUT2D eigenvalue weighted by atomic mass is 35.5. The Hall–Kier alpha value is -1.22. The maximum absolute atomic E-state index is 12.2. The summed E-state index contributed by atoms with van der Waals surface area (Å²) in [5, 5.41) is 0.0912. The van der Waals surface area contributed by atoms with Gasteiger partial charge in [0.25, 0.3) is 5.91 Å². The van der Waals surface area contributed by atoms with E-state index in [0.717, 1.165) is 25.1 Å². The molecule has 18 heavy (non-hydrogen) atoms. The van der Waals surface area contributed by atoms with Gasteiger partial charge in [0.15, 0.2) is 0 Å². The number of benzene rings is 1. The maximum Gasteiger partial charge on any atom is 0.254 e. The standard InChI is InChI=1S/C14H18ClNO2/c1-2-8-18-13-5-3-4-11(9-13)14(17)16-7-6-12(15)10-16/h3-5,9,12H,2,6-8,10H2,1H3. The van der Waals surface area contributed by atoms with E-state index in [1.165, 1.54) is 0 Å². The smallest absolute Gasteiger partial charge is 0.254 e. The molecule has 0 bridgehead atoms. The Labute approximate surface area is 113 Å². The van der Waals surface area contributed by atoms with Crippen molar-refractivity contribution in [3.63, 3.8) is 0 Å². The van der Waals surface area contributed by atoms with Crippen molar-refractivity contribution in [3.05, 3.63) is 29.8 Å². The minimum absolute atomic E-state index is 0.0418. The maximum atomic E-state index is 12.2. The second kappa shape index (κ2) is 6.10. The summed E-state index contributed by atoms with van der Waals surface area (Å²) in [6, 6.07) is 7.36. The van der Waals surface area contributed by atoms with Gasteiger partial charge in [0.05, 0.1) is 12.0 Å². The number of nitrogens with zero attached hydrogens (tertiary/aromatic N) is 1. The summed E-state index contributed by atoms with van der Waals surface area (Å²) >= 11 is 6.02. The molecule has 1 unspecified atom stereocenters. The Balaban J connectivity index is 2.05. The molecule has 1 aromatic rings. The predicted octanol–water partition coefficient (Wildman–Crippen LogP) is 2.93. The lowest BCUT2D eigenvalue weighted by Crippen LogP contribution is -2.28. The first-order valence-electron chi connectivity index (χ1n) is 6.37. The molecule has 0 radical (unpaired) electrons. The highest BCUT2D eigenvalue weighted by Gasteiger charge is 2.25. The lowest BCUT2D eigenvalue weighted by atomic mass is 10.2. The van der Waals surface area contributed by atoms with Gasteiger partial charge in [-0.1, -0.05) is 13.0 Å². The van der Waals surface area contributed by atoms with Crippen molar-refractivity contribution in [2.75, 3.05) is 19.7 Å². The summed E-state index contributed by atoms with van der Waals surface area (Å²) in [4.78, 5) is 14.0. The molecule has 1 fully saturated rings. The summed E-state index contributed by atoms with van der Waals surface area (Å²) in [6.45, 7) is 4.11. The summed E-state index contributed by atoms with van der Waals surface area (Å²) in [6.07, 6.45) is 1.83. The third-order valence-electron chi connectivity index (χ3n) is 2.97. The fourth-order valence-electron chi connectivity index (χ4n) is 2.02. The highest BCUT2D eigenvalue weighted by Crippen LogP contribution is 2.20. The number of ether oxygens (including phenoxy) is 1. The lowest BCUT2D eigenvalue weighted by molar-refractivity contribution is 0.0792. The Morgan fingerprint density at radius 3 is 3.06 bits per heavy atom. The second-order valence-corrected chi connectivity index (χ2v) is 5.13. The third-order valence-corrected chi connectivity index (χ3v) is 3.33. The van der Waals surface area contributed by atoms with Crippen LogP contribution in [0.4, 0.5) is 0 Å². The Kier molecular flexibility index (Phi) is 4.48. The van der Waals surface area contributed by atoms with E-state index >= 15 is 0 Å². The molecule has 4 heteroatoms. The molecule has 1 aromatic carbocycles. The van der Waals surface area contributed by atoms with E-state index < -0.39 is 0 Å². The van der Waals surface area contributed by atoms with Gasteiger partial charge in [-0.3, -0.25) is 4.79 Å². The van der Waals surface area contributed by atoms with E-state index in [4.69, 9.17) is 16.3 Å². The van der Waals surface area contributed by atoms with Crippen LogP contribution in [0, 0.1) is 0 Å². The molecular weight excluding hydrogens is 250 g/mol. The normalized spacial score (nSPS) is 19.0. The quantitative estimate of drug-likeness (QED) is 0.785. The molecule has 1 aliphatic rings. The predicted molar refractivity (Wildman–Crippen MR) is 72.4 cm³/mol. The van der Waals surface area contributed by atoms with Gasteiger partial charge < -0.3 is 9.64 Å². The Bertz CT molecular complexity index is 422. The first-order valence-corrected chi connectivity index (χ1v) is 6.80. The Morgan fingerprint density at radius 2 is 2.39 bits per heavy atom. The van der Waals surface area contributed by atoms with Crippen molar-refractivity contribution in [1.82, 2.24) is 4.90 Å². The molecule has 3 nitrogen and oxygen atoms in total. The van der Waals surface area contributed by atoms with Crippen LogP contribution < -0.4 is 4.74 Å². The molecule has 1 atom stereocenters. The molecule has 0 N–H and O–H groups in total. The van der Waals surface area contributed by atoms with E-state index in [2.05, 4.69) is 6.92 Å². The fourth-order valence-corrected chi connectivity index (χ4v) is 2.29. The first kappa shape index (κ1) is 13.2. The summed E-state index contributed by atoms with van der Waals surface area (Å²) < 4.78 is 5.53. The van der Waals surface area contributed by atoms with E-state index in [0.29, 0.717) is 18.7 Å². The van der Waals surface area contributed by atoms with Crippen molar-refractivity contribution in [2.24, 2.45) is 0 Å². The van der Waals surface area contributed by atoms with Crippen molar-refractivity contribution in [3.8, 4) is 5.75 Å². The van der Waals surface area contributed by atoms with E-state index in [-0.39, 0.29) is 11.3 Å². The van der Waals surface area contributed by atoms with Crippen LogP contribution in [0.15, 0.2) is 24.3 Å². The molecule has 0 aromatic heterocycles. The number of rotatable bonds is 4. The van der Waals surface area contributed by atoms with Gasteiger partial charge in [-0.15, -0.1) is 11.6 Å². The monoisotopic (exact) mass is 267 g/mol. The van der Waals surface area contributed by atoms with E-state index in [9.17, 15) is 4.79 Å². The van der Waals surface area contributed by atoms with Crippen LogP contribution in [-0.4, -0.2) is 35.9 Å². The van der Waals surface area contributed by atoms with Crippen LogP contribution in [-0.2, 0) is 0 Å².